The molecule has 0 amide bonds. The summed E-state index contributed by atoms with van der Waals surface area (Å²) in [7, 11) is 0. The van der Waals surface area contributed by atoms with E-state index in [0.717, 1.165) is 77.0 Å². The van der Waals surface area contributed by atoms with Crippen LogP contribution in [0.2, 0.25) is 0 Å². The number of carbonyl (C=O) groups is 2. The van der Waals surface area contributed by atoms with Crippen molar-refractivity contribution in [1.82, 2.24) is 0 Å². The van der Waals surface area contributed by atoms with E-state index in [-0.39, 0.29) is 25.2 Å². The number of unbranched alkanes of at least 4 members (excludes halogenated alkanes) is 27. The number of aliphatic hydroxyl groups excluding tert-OH is 1. The molecule has 5 nitrogen and oxygen atoms in total. The molecule has 0 aliphatic carbocycles. The molecule has 0 radical (unpaired) electrons. The van der Waals surface area contributed by atoms with E-state index in [0.29, 0.717) is 12.8 Å². The second-order valence-electron chi connectivity index (χ2n) is 17.2. The first kappa shape index (κ1) is 58.3. The van der Waals surface area contributed by atoms with E-state index in [2.05, 4.69) is 86.8 Å². The molecule has 1 N–H and O–H groups in total. The quantitative estimate of drug-likeness (QED) is 0.0375. The zero-order valence-electron chi connectivity index (χ0n) is 40.2. The minimum absolute atomic E-state index is 0.0842. The van der Waals surface area contributed by atoms with Crippen molar-refractivity contribution in [3.05, 3.63) is 72.9 Å². The normalized spacial score (nSPS) is 12.8. The van der Waals surface area contributed by atoms with Gasteiger partial charge in [-0.3, -0.25) is 9.59 Å². The van der Waals surface area contributed by atoms with E-state index in [1.807, 2.05) is 0 Å². The van der Waals surface area contributed by atoms with E-state index in [1.54, 1.807) is 0 Å². The molecule has 0 aromatic carbocycles. The molecule has 352 valence electrons. The summed E-state index contributed by atoms with van der Waals surface area (Å²) in [5, 5.41) is 9.62. The number of allylic oxidation sites excluding steroid dienone is 12. The number of ether oxygens (including phenoxy) is 2. The topological polar surface area (TPSA) is 72.8 Å². The van der Waals surface area contributed by atoms with Crippen LogP contribution in [0.1, 0.15) is 251 Å². The molecular weight excluding hydrogens is 753 g/mol. The predicted octanol–water partition coefficient (Wildman–Crippen LogP) is 17.2. The maximum Gasteiger partial charge on any atom is 0.306 e. The summed E-state index contributed by atoms with van der Waals surface area (Å²) < 4.78 is 10.7. The molecule has 0 aliphatic rings. The van der Waals surface area contributed by atoms with E-state index in [4.69, 9.17) is 9.47 Å². The van der Waals surface area contributed by atoms with Gasteiger partial charge in [0.25, 0.3) is 0 Å². The van der Waals surface area contributed by atoms with Gasteiger partial charge in [0.2, 0.25) is 0 Å². The van der Waals surface area contributed by atoms with Crippen LogP contribution in [-0.2, 0) is 19.1 Å². The van der Waals surface area contributed by atoms with Gasteiger partial charge in [0.1, 0.15) is 6.61 Å². The van der Waals surface area contributed by atoms with Crippen molar-refractivity contribution >= 4 is 11.9 Å². The van der Waals surface area contributed by atoms with Gasteiger partial charge in [-0.25, -0.2) is 0 Å². The van der Waals surface area contributed by atoms with Crippen molar-refractivity contribution in [2.75, 3.05) is 13.2 Å². The number of carbonyl (C=O) groups excluding carboxylic acids is 2. The van der Waals surface area contributed by atoms with Crippen molar-refractivity contribution in [2.45, 2.75) is 258 Å². The molecule has 0 aromatic heterocycles. The Morgan fingerprint density at radius 3 is 1.07 bits per heavy atom. The molecule has 0 saturated carbocycles. The maximum absolute atomic E-state index is 12.2. The fourth-order valence-electron chi connectivity index (χ4n) is 7.38. The standard InChI is InChI=1S/C56H98O5/c1-3-5-7-9-11-13-15-17-19-21-23-25-26-27-28-29-31-32-34-36-38-40-42-44-46-48-50-55(58)60-53-54(52-57)61-56(59)51-49-47-45-43-41-39-37-35-33-30-24-22-20-18-16-14-12-10-8-6-4-2/h6,8,12,14,18,20,24,30,35,37,41,43,54,57H,3-5,7,9-11,13,15-17,19,21-23,25-29,31-34,36,38-40,42,44-53H2,1-2H3/b8-6-,14-12-,20-18-,30-24-,37-35-,43-41-. The van der Waals surface area contributed by atoms with Crippen LogP contribution in [0, 0.1) is 0 Å². The van der Waals surface area contributed by atoms with Crippen LogP contribution in [0.5, 0.6) is 0 Å². The summed E-state index contributed by atoms with van der Waals surface area (Å²) in [5.41, 5.74) is 0. The zero-order chi connectivity index (χ0) is 44.2. The average Bonchev–Trinajstić information content (AvgIpc) is 3.26. The number of hydrogen-bond donors (Lipinski definition) is 1. The van der Waals surface area contributed by atoms with Gasteiger partial charge in [-0.15, -0.1) is 0 Å². The van der Waals surface area contributed by atoms with E-state index in [1.165, 1.54) is 148 Å². The van der Waals surface area contributed by atoms with Crippen LogP contribution in [-0.4, -0.2) is 36.4 Å². The van der Waals surface area contributed by atoms with Crippen LogP contribution in [0.25, 0.3) is 0 Å². The predicted molar refractivity (Wildman–Crippen MR) is 265 cm³/mol. The molecule has 0 heterocycles. The molecule has 0 aliphatic heterocycles. The molecule has 1 unspecified atom stereocenters. The van der Waals surface area contributed by atoms with Gasteiger partial charge in [0, 0.05) is 12.8 Å². The molecule has 5 heteroatoms. The molecule has 61 heavy (non-hydrogen) atoms. The Labute approximate surface area is 378 Å². The van der Waals surface area contributed by atoms with Crippen molar-refractivity contribution in [2.24, 2.45) is 0 Å². The lowest BCUT2D eigenvalue weighted by Gasteiger charge is -2.15. The first-order valence-electron chi connectivity index (χ1n) is 26.0. The van der Waals surface area contributed by atoms with Gasteiger partial charge in [-0.2, -0.15) is 0 Å². The van der Waals surface area contributed by atoms with Gasteiger partial charge in [0.15, 0.2) is 6.10 Å². The van der Waals surface area contributed by atoms with Crippen LogP contribution in [0.15, 0.2) is 72.9 Å². The highest BCUT2D eigenvalue weighted by Crippen LogP contribution is 2.16. The van der Waals surface area contributed by atoms with Gasteiger partial charge < -0.3 is 14.6 Å². The Kier molecular flexibility index (Phi) is 49.4. The van der Waals surface area contributed by atoms with Crippen molar-refractivity contribution < 1.29 is 24.2 Å². The van der Waals surface area contributed by atoms with E-state index < -0.39 is 6.10 Å². The second kappa shape index (κ2) is 51.7. The Balaban J connectivity index is 3.54. The highest BCUT2D eigenvalue weighted by Gasteiger charge is 2.16. The third kappa shape index (κ3) is 49.9. The Bertz CT molecular complexity index is 1100. The Morgan fingerprint density at radius 2 is 0.705 bits per heavy atom. The van der Waals surface area contributed by atoms with E-state index >= 15 is 0 Å². The average molecular weight is 851 g/mol. The highest BCUT2D eigenvalue weighted by molar-refractivity contribution is 5.70. The molecule has 0 bridgehead atoms. The smallest absolute Gasteiger partial charge is 0.306 e. The zero-order valence-corrected chi connectivity index (χ0v) is 40.2. The Morgan fingerprint density at radius 1 is 0.393 bits per heavy atom. The van der Waals surface area contributed by atoms with Crippen LogP contribution in [0.4, 0.5) is 0 Å². The van der Waals surface area contributed by atoms with Gasteiger partial charge in [-0.1, -0.05) is 247 Å². The Hall–Kier alpha value is -2.66. The first-order chi connectivity index (χ1) is 30.1. The molecule has 0 saturated heterocycles. The molecule has 0 aromatic rings. The molecule has 0 fully saturated rings. The summed E-state index contributed by atoms with van der Waals surface area (Å²) in [6, 6.07) is 0. The third-order valence-electron chi connectivity index (χ3n) is 11.3. The molecule has 0 spiro atoms. The SMILES string of the molecule is CC/C=C\C/C=C\C/C=C\C/C=C\C/C=C\C/C=C\CCCCC(=O)OC(CO)COC(=O)CCCCCCCCCCCCCCCCCCCCCCCCCCCC. The summed E-state index contributed by atoms with van der Waals surface area (Å²) in [4.78, 5) is 24.4. The second-order valence-corrected chi connectivity index (χ2v) is 17.2. The number of esters is 2. The third-order valence-corrected chi connectivity index (χ3v) is 11.3. The largest absolute Gasteiger partial charge is 0.462 e. The van der Waals surface area contributed by atoms with Crippen molar-refractivity contribution in [1.29, 1.82) is 0 Å². The first-order valence-corrected chi connectivity index (χ1v) is 26.0. The lowest BCUT2D eigenvalue weighted by Crippen LogP contribution is -2.28. The lowest BCUT2D eigenvalue weighted by molar-refractivity contribution is -0.161. The minimum Gasteiger partial charge on any atom is -0.462 e. The highest BCUT2D eigenvalue weighted by atomic mass is 16.6. The lowest BCUT2D eigenvalue weighted by atomic mass is 10.0. The maximum atomic E-state index is 12.2. The molecule has 0 rings (SSSR count). The monoisotopic (exact) mass is 851 g/mol. The van der Waals surface area contributed by atoms with Crippen LogP contribution in [0.3, 0.4) is 0 Å². The van der Waals surface area contributed by atoms with Crippen molar-refractivity contribution in [3.8, 4) is 0 Å². The number of aliphatic hydroxyl groups is 1. The minimum atomic E-state index is -0.797. The van der Waals surface area contributed by atoms with Gasteiger partial charge >= 0.3 is 11.9 Å². The fourth-order valence-corrected chi connectivity index (χ4v) is 7.38. The summed E-state index contributed by atoms with van der Waals surface area (Å²) in [6.07, 6.45) is 70.1. The van der Waals surface area contributed by atoms with Crippen LogP contribution >= 0.6 is 0 Å². The number of hydrogen-bond acceptors (Lipinski definition) is 5. The molecule has 1 atom stereocenters. The molecular formula is C56H98O5. The van der Waals surface area contributed by atoms with Crippen LogP contribution < -0.4 is 0 Å². The fraction of sp³-hybridized carbons (Fsp3) is 0.750. The van der Waals surface area contributed by atoms with E-state index in [9.17, 15) is 14.7 Å². The number of rotatable bonds is 47. The summed E-state index contributed by atoms with van der Waals surface area (Å²) in [5.74, 6) is -0.636. The summed E-state index contributed by atoms with van der Waals surface area (Å²) >= 11 is 0. The summed E-state index contributed by atoms with van der Waals surface area (Å²) in [6.45, 7) is 4.01. The van der Waals surface area contributed by atoms with Crippen molar-refractivity contribution in [3.63, 3.8) is 0 Å². The van der Waals surface area contributed by atoms with Gasteiger partial charge in [0.05, 0.1) is 6.61 Å². The van der Waals surface area contributed by atoms with Gasteiger partial charge in [-0.05, 0) is 64.2 Å².